The highest BCUT2D eigenvalue weighted by molar-refractivity contribution is 6.29. The molecule has 1 N–H and O–H groups in total. The van der Waals surface area contributed by atoms with Crippen LogP contribution in [0.4, 0.5) is 5.69 Å². The molecule has 5 nitrogen and oxygen atoms in total. The molecule has 0 aliphatic carbocycles. The number of aryl methyl sites for hydroxylation is 1. The van der Waals surface area contributed by atoms with Gasteiger partial charge < -0.3 is 9.84 Å². The van der Waals surface area contributed by atoms with Gasteiger partial charge in [0.15, 0.2) is 11.5 Å². The Morgan fingerprint density at radius 3 is 2.63 bits per heavy atom. The van der Waals surface area contributed by atoms with Gasteiger partial charge in [0.1, 0.15) is 11.6 Å². The Labute approximate surface area is 114 Å². The lowest BCUT2D eigenvalue weighted by molar-refractivity contribution is -0.113. The molecule has 1 aromatic carbocycles. The van der Waals surface area contributed by atoms with E-state index in [9.17, 15) is 9.59 Å². The number of aromatic nitrogens is 1. The van der Waals surface area contributed by atoms with Gasteiger partial charge in [-0.2, -0.15) is 0 Å². The average Bonchev–Trinajstić information content (AvgIpc) is 2.80. The van der Waals surface area contributed by atoms with Crippen molar-refractivity contribution in [1.82, 2.24) is 5.16 Å². The summed E-state index contributed by atoms with van der Waals surface area (Å²) in [5.74, 6) is -0.584. The minimum atomic E-state index is -0.421. The molecule has 98 valence electrons. The summed E-state index contributed by atoms with van der Waals surface area (Å²) in [6.45, 7) is 1.61. The fourth-order valence-corrected chi connectivity index (χ4v) is 1.64. The third-order valence-electron chi connectivity index (χ3n) is 2.50. The monoisotopic (exact) mass is 278 g/mol. The van der Waals surface area contributed by atoms with Crippen LogP contribution in [0.3, 0.4) is 0 Å². The summed E-state index contributed by atoms with van der Waals surface area (Å²) in [6, 6.07) is 8.63. The molecule has 19 heavy (non-hydrogen) atoms. The first kappa shape index (κ1) is 13.3. The lowest BCUT2D eigenvalue weighted by atomic mass is 10.1. The fraction of sp³-hybridized carbons (Fsp3) is 0.154. The average molecular weight is 279 g/mol. The van der Waals surface area contributed by atoms with E-state index in [0.29, 0.717) is 11.3 Å². The normalized spacial score (nSPS) is 10.2. The molecule has 0 spiro atoms. The fourth-order valence-electron chi connectivity index (χ4n) is 1.57. The van der Waals surface area contributed by atoms with Crippen LogP contribution in [0.2, 0.25) is 0 Å². The van der Waals surface area contributed by atoms with Crippen molar-refractivity contribution in [3.05, 3.63) is 47.3 Å². The minimum Gasteiger partial charge on any atom is -0.359 e. The Kier molecular flexibility index (Phi) is 3.97. The number of rotatable bonds is 4. The van der Waals surface area contributed by atoms with Crippen molar-refractivity contribution < 1.29 is 14.1 Å². The number of ketones is 1. The van der Waals surface area contributed by atoms with E-state index >= 15 is 0 Å². The highest BCUT2D eigenvalue weighted by Crippen LogP contribution is 2.22. The molecule has 0 aliphatic heterocycles. The third kappa shape index (κ3) is 2.82. The number of alkyl halides is 1. The Morgan fingerprint density at radius 1 is 1.32 bits per heavy atom. The Bertz CT molecular complexity index is 608. The van der Waals surface area contributed by atoms with Gasteiger partial charge in [0.2, 0.25) is 11.7 Å². The summed E-state index contributed by atoms with van der Waals surface area (Å²) in [7, 11) is 0. The van der Waals surface area contributed by atoms with Gasteiger partial charge in [-0.15, -0.1) is 11.6 Å². The molecular formula is C13H11ClN2O3. The number of anilines is 1. The second-order valence-corrected chi connectivity index (χ2v) is 4.11. The van der Waals surface area contributed by atoms with E-state index < -0.39 is 5.91 Å². The maximum absolute atomic E-state index is 12.2. The second-order valence-electron chi connectivity index (χ2n) is 3.84. The summed E-state index contributed by atoms with van der Waals surface area (Å²) in [6.07, 6.45) is 0. The number of nitrogens with zero attached hydrogens (tertiary/aromatic N) is 1. The Balaban J connectivity index is 2.35. The molecule has 2 aromatic rings. The van der Waals surface area contributed by atoms with Crippen LogP contribution in [0.15, 0.2) is 34.9 Å². The van der Waals surface area contributed by atoms with Crippen molar-refractivity contribution in [3.8, 4) is 0 Å². The molecule has 2 rings (SSSR count). The zero-order valence-corrected chi connectivity index (χ0v) is 10.9. The summed E-state index contributed by atoms with van der Waals surface area (Å²) < 4.78 is 4.96. The molecule has 0 unspecified atom stereocenters. The minimum absolute atomic E-state index is 0.0715. The first-order valence-electron chi connectivity index (χ1n) is 5.55. The molecule has 0 fully saturated rings. The lowest BCUT2D eigenvalue weighted by Crippen LogP contribution is -2.15. The predicted octanol–water partition coefficient (Wildman–Crippen LogP) is 2.39. The number of hydrogen-bond acceptors (Lipinski definition) is 4. The van der Waals surface area contributed by atoms with Gasteiger partial charge in [0.05, 0.1) is 0 Å². The lowest BCUT2D eigenvalue weighted by Gasteiger charge is -2.03. The molecule has 1 heterocycles. The topological polar surface area (TPSA) is 72.2 Å². The van der Waals surface area contributed by atoms with Crippen molar-refractivity contribution in [2.24, 2.45) is 0 Å². The molecule has 1 aromatic heterocycles. The highest BCUT2D eigenvalue weighted by Gasteiger charge is 2.22. The molecule has 0 saturated carbocycles. The summed E-state index contributed by atoms with van der Waals surface area (Å²) in [4.78, 5) is 23.6. The van der Waals surface area contributed by atoms with Gasteiger partial charge in [0.25, 0.3) is 0 Å². The van der Waals surface area contributed by atoms with Gasteiger partial charge in [-0.05, 0) is 6.92 Å². The smallest absolute Gasteiger partial charge is 0.239 e. The zero-order valence-electron chi connectivity index (χ0n) is 10.1. The van der Waals surface area contributed by atoms with E-state index in [1.165, 1.54) is 0 Å². The van der Waals surface area contributed by atoms with Crippen LogP contribution in [0, 0.1) is 6.92 Å². The highest BCUT2D eigenvalue weighted by atomic mass is 35.5. The zero-order chi connectivity index (χ0) is 13.8. The number of hydrogen-bond donors (Lipinski definition) is 1. The van der Waals surface area contributed by atoms with Gasteiger partial charge >= 0.3 is 0 Å². The molecular weight excluding hydrogens is 268 g/mol. The number of carbonyl (C=O) groups excluding carboxylic acids is 2. The van der Waals surface area contributed by atoms with Gasteiger partial charge in [0, 0.05) is 5.56 Å². The number of carbonyl (C=O) groups is 2. The van der Waals surface area contributed by atoms with E-state index in [4.69, 9.17) is 16.1 Å². The third-order valence-corrected chi connectivity index (χ3v) is 2.74. The largest absolute Gasteiger partial charge is 0.359 e. The van der Waals surface area contributed by atoms with Crippen molar-refractivity contribution in [3.63, 3.8) is 0 Å². The molecule has 0 bridgehead atoms. The number of halogens is 1. The maximum atomic E-state index is 12.2. The number of benzene rings is 1. The summed E-state index contributed by atoms with van der Waals surface area (Å²) >= 11 is 5.42. The van der Waals surface area contributed by atoms with Crippen LogP contribution in [0.5, 0.6) is 0 Å². The van der Waals surface area contributed by atoms with Crippen molar-refractivity contribution in [2.75, 3.05) is 11.2 Å². The van der Waals surface area contributed by atoms with E-state index in [1.54, 1.807) is 37.3 Å². The first-order valence-corrected chi connectivity index (χ1v) is 6.08. The molecule has 0 atom stereocenters. The van der Waals surface area contributed by atoms with Crippen LogP contribution < -0.4 is 5.32 Å². The Hall–Kier alpha value is -2.14. The molecule has 0 radical (unpaired) electrons. The van der Waals surface area contributed by atoms with Crippen LogP contribution >= 0.6 is 11.6 Å². The molecule has 1 amide bonds. The molecule has 0 aliphatic rings. The first-order chi connectivity index (χ1) is 9.13. The standard InChI is InChI=1S/C13H11ClN2O3/c1-8-11(15-10(17)7-14)12(16-19-8)13(18)9-5-3-2-4-6-9/h2-6H,7H2,1H3,(H,15,17). The van der Waals surface area contributed by atoms with Crippen LogP contribution in [-0.2, 0) is 4.79 Å². The van der Waals surface area contributed by atoms with Crippen molar-refractivity contribution in [1.29, 1.82) is 0 Å². The molecule has 0 saturated heterocycles. The van der Waals surface area contributed by atoms with Crippen LogP contribution in [0.1, 0.15) is 21.8 Å². The van der Waals surface area contributed by atoms with E-state index in [-0.39, 0.29) is 23.0 Å². The summed E-state index contributed by atoms with van der Waals surface area (Å²) in [5, 5.41) is 6.21. The SMILES string of the molecule is Cc1onc(C(=O)c2ccccc2)c1NC(=O)CCl. The van der Waals surface area contributed by atoms with E-state index in [2.05, 4.69) is 10.5 Å². The van der Waals surface area contributed by atoms with E-state index in [1.807, 2.05) is 0 Å². The number of nitrogens with one attached hydrogen (secondary N) is 1. The van der Waals surface area contributed by atoms with Gasteiger partial charge in [-0.1, -0.05) is 35.5 Å². The Morgan fingerprint density at radius 2 is 2.00 bits per heavy atom. The van der Waals surface area contributed by atoms with Crippen LogP contribution in [-0.4, -0.2) is 22.7 Å². The summed E-state index contributed by atoms with van der Waals surface area (Å²) in [5.41, 5.74) is 0.804. The maximum Gasteiger partial charge on any atom is 0.239 e. The number of amides is 1. The predicted molar refractivity (Wildman–Crippen MR) is 70.5 cm³/mol. The van der Waals surface area contributed by atoms with Gasteiger partial charge in [-0.3, -0.25) is 9.59 Å². The van der Waals surface area contributed by atoms with Crippen molar-refractivity contribution >= 4 is 29.0 Å². The van der Waals surface area contributed by atoms with Gasteiger partial charge in [-0.25, -0.2) is 0 Å². The van der Waals surface area contributed by atoms with Crippen LogP contribution in [0.25, 0.3) is 0 Å². The molecule has 6 heteroatoms. The van der Waals surface area contributed by atoms with Crippen molar-refractivity contribution in [2.45, 2.75) is 6.92 Å². The van der Waals surface area contributed by atoms with E-state index in [0.717, 1.165) is 0 Å². The quantitative estimate of drug-likeness (QED) is 0.688. The second kappa shape index (κ2) is 5.67.